The number of carbonyl (C=O) groups is 2. The Morgan fingerprint density at radius 3 is 2.64 bits per heavy atom. The fraction of sp³-hybridized carbons (Fsp3) is 0.412. The van der Waals surface area contributed by atoms with Crippen molar-refractivity contribution in [3.63, 3.8) is 0 Å². The quantitative estimate of drug-likeness (QED) is 0.819. The smallest absolute Gasteiger partial charge is 0.254 e. The van der Waals surface area contributed by atoms with Gasteiger partial charge in [0.15, 0.2) is 0 Å². The van der Waals surface area contributed by atoms with E-state index in [4.69, 9.17) is 0 Å². The largest absolute Gasteiger partial charge is 0.394 e. The highest BCUT2D eigenvalue weighted by Crippen LogP contribution is 2.33. The van der Waals surface area contributed by atoms with Crippen LogP contribution in [0.15, 0.2) is 36.9 Å². The molecule has 1 atom stereocenters. The van der Waals surface area contributed by atoms with Crippen LogP contribution in [-0.2, 0) is 4.79 Å². The van der Waals surface area contributed by atoms with E-state index in [2.05, 4.69) is 11.9 Å². The number of hydrogen-bond donors (Lipinski definition) is 2. The highest BCUT2D eigenvalue weighted by atomic mass is 16.3. The Morgan fingerprint density at radius 1 is 1.41 bits per heavy atom. The van der Waals surface area contributed by atoms with Gasteiger partial charge in [0.1, 0.15) is 0 Å². The Kier molecular flexibility index (Phi) is 4.98. The monoisotopic (exact) mass is 302 g/mol. The van der Waals surface area contributed by atoms with Crippen LogP contribution in [0.1, 0.15) is 36.5 Å². The molecule has 0 saturated carbocycles. The Morgan fingerprint density at radius 2 is 2.09 bits per heavy atom. The number of aliphatic hydroxyl groups is 1. The summed E-state index contributed by atoms with van der Waals surface area (Å²) in [6, 6.07) is 6.77. The topological polar surface area (TPSA) is 69.6 Å². The van der Waals surface area contributed by atoms with Crippen molar-refractivity contribution in [1.82, 2.24) is 4.90 Å². The van der Waals surface area contributed by atoms with Crippen molar-refractivity contribution in [1.29, 1.82) is 0 Å². The van der Waals surface area contributed by atoms with Gasteiger partial charge >= 0.3 is 0 Å². The number of aliphatic hydroxyl groups excluding tert-OH is 1. The zero-order valence-corrected chi connectivity index (χ0v) is 12.8. The minimum absolute atomic E-state index is 0.0112. The van der Waals surface area contributed by atoms with Crippen LogP contribution in [0.2, 0.25) is 0 Å². The number of hydrogen-bond acceptors (Lipinski definition) is 3. The molecule has 1 heterocycles. The van der Waals surface area contributed by atoms with Crippen LogP contribution in [0.5, 0.6) is 0 Å². The molecule has 1 aromatic rings. The second kappa shape index (κ2) is 6.75. The van der Waals surface area contributed by atoms with E-state index in [1.165, 1.54) is 6.08 Å². The minimum Gasteiger partial charge on any atom is -0.394 e. The zero-order valence-electron chi connectivity index (χ0n) is 12.8. The molecule has 0 aromatic heterocycles. The Hall–Kier alpha value is -2.14. The molecule has 0 radical (unpaired) electrons. The number of carbonyl (C=O) groups excluding carboxylic acids is 2. The summed E-state index contributed by atoms with van der Waals surface area (Å²) in [5, 5.41) is 12.3. The van der Waals surface area contributed by atoms with Crippen LogP contribution in [0.4, 0.5) is 5.69 Å². The molecule has 0 bridgehead atoms. The molecule has 1 saturated heterocycles. The number of nitrogens with zero attached hydrogens (tertiary/aromatic N) is 1. The zero-order chi connectivity index (χ0) is 16.2. The van der Waals surface area contributed by atoms with Gasteiger partial charge in [-0.25, -0.2) is 0 Å². The molecular formula is C17H22N2O3. The molecule has 0 spiro atoms. The second-order valence-electron chi connectivity index (χ2n) is 5.57. The molecule has 1 fully saturated rings. The predicted molar refractivity (Wildman–Crippen MR) is 85.6 cm³/mol. The maximum Gasteiger partial charge on any atom is 0.254 e. The molecule has 1 aliphatic rings. The summed E-state index contributed by atoms with van der Waals surface area (Å²) in [5.41, 5.74) is 0.740. The first kappa shape index (κ1) is 16.2. The lowest BCUT2D eigenvalue weighted by Gasteiger charge is -2.36. The highest BCUT2D eigenvalue weighted by Gasteiger charge is 2.41. The van der Waals surface area contributed by atoms with Crippen LogP contribution >= 0.6 is 0 Å². The molecule has 1 unspecified atom stereocenters. The molecule has 5 nitrogen and oxygen atoms in total. The van der Waals surface area contributed by atoms with E-state index >= 15 is 0 Å². The fourth-order valence-corrected chi connectivity index (χ4v) is 2.94. The van der Waals surface area contributed by atoms with E-state index in [0.717, 1.165) is 19.3 Å². The first-order valence-corrected chi connectivity index (χ1v) is 7.52. The third kappa shape index (κ3) is 3.04. The summed E-state index contributed by atoms with van der Waals surface area (Å²) in [7, 11) is 0. The number of amides is 2. The Bertz CT molecular complexity index is 562. The number of rotatable bonds is 5. The van der Waals surface area contributed by atoms with Gasteiger partial charge in [0.2, 0.25) is 5.91 Å². The molecule has 1 aromatic carbocycles. The summed E-state index contributed by atoms with van der Waals surface area (Å²) >= 11 is 0. The molecule has 2 rings (SSSR count). The van der Waals surface area contributed by atoms with Gasteiger partial charge < -0.3 is 15.3 Å². The summed E-state index contributed by atoms with van der Waals surface area (Å²) in [4.78, 5) is 25.7. The van der Waals surface area contributed by atoms with Crippen molar-refractivity contribution in [2.24, 2.45) is 0 Å². The molecular weight excluding hydrogens is 280 g/mol. The molecule has 22 heavy (non-hydrogen) atoms. The first-order valence-electron chi connectivity index (χ1n) is 7.52. The third-order valence-corrected chi connectivity index (χ3v) is 4.38. The second-order valence-corrected chi connectivity index (χ2v) is 5.57. The SMILES string of the molecule is C=CC(=O)Nc1ccc(C(=O)N2CCCC2(CC)CO)cc1. The van der Waals surface area contributed by atoms with Gasteiger partial charge in [-0.3, -0.25) is 9.59 Å². The highest BCUT2D eigenvalue weighted by molar-refractivity contribution is 6.00. The summed E-state index contributed by atoms with van der Waals surface area (Å²) in [5.74, 6) is -0.362. The number of benzene rings is 1. The van der Waals surface area contributed by atoms with Crippen molar-refractivity contribution in [2.45, 2.75) is 31.7 Å². The van der Waals surface area contributed by atoms with Crippen LogP contribution in [0.3, 0.4) is 0 Å². The molecule has 2 amide bonds. The lowest BCUT2D eigenvalue weighted by Crippen LogP contribution is -2.49. The van der Waals surface area contributed by atoms with E-state index in [9.17, 15) is 14.7 Å². The molecule has 2 N–H and O–H groups in total. The standard InChI is InChI=1S/C17H22N2O3/c1-3-15(21)18-14-8-6-13(7-9-14)16(22)19-11-5-10-17(19,4-2)12-20/h3,6-9,20H,1,4-5,10-12H2,2H3,(H,18,21). The van der Waals surface area contributed by atoms with Crippen LogP contribution in [0.25, 0.3) is 0 Å². The van der Waals surface area contributed by atoms with E-state index in [-0.39, 0.29) is 18.4 Å². The molecule has 0 aliphatic carbocycles. The van der Waals surface area contributed by atoms with Crippen LogP contribution in [0, 0.1) is 0 Å². The average molecular weight is 302 g/mol. The fourth-order valence-electron chi connectivity index (χ4n) is 2.94. The minimum atomic E-state index is -0.438. The summed E-state index contributed by atoms with van der Waals surface area (Å²) < 4.78 is 0. The number of anilines is 1. The lowest BCUT2D eigenvalue weighted by molar-refractivity contribution is -0.111. The van der Waals surface area contributed by atoms with Gasteiger partial charge in [-0.1, -0.05) is 13.5 Å². The van der Waals surface area contributed by atoms with Crippen LogP contribution in [-0.4, -0.2) is 40.5 Å². The van der Waals surface area contributed by atoms with Gasteiger partial charge in [0.05, 0.1) is 12.1 Å². The maximum absolute atomic E-state index is 12.7. The number of nitrogens with one attached hydrogen (secondary N) is 1. The van der Waals surface area contributed by atoms with Crippen molar-refractivity contribution >= 4 is 17.5 Å². The predicted octanol–water partition coefficient (Wildman–Crippen LogP) is 2.19. The van der Waals surface area contributed by atoms with Gasteiger partial charge in [-0.2, -0.15) is 0 Å². The van der Waals surface area contributed by atoms with E-state index in [1.807, 2.05) is 6.92 Å². The van der Waals surface area contributed by atoms with Gasteiger partial charge in [-0.15, -0.1) is 0 Å². The Labute approximate surface area is 130 Å². The number of likely N-dealkylation sites (tertiary alicyclic amines) is 1. The van der Waals surface area contributed by atoms with Crippen molar-refractivity contribution in [2.75, 3.05) is 18.5 Å². The van der Waals surface area contributed by atoms with Gasteiger partial charge in [0.25, 0.3) is 5.91 Å². The lowest BCUT2D eigenvalue weighted by atomic mass is 9.93. The first-order chi connectivity index (χ1) is 10.6. The van der Waals surface area contributed by atoms with Gasteiger partial charge in [-0.05, 0) is 49.6 Å². The van der Waals surface area contributed by atoms with E-state index in [1.54, 1.807) is 29.2 Å². The van der Waals surface area contributed by atoms with Crippen molar-refractivity contribution in [3.8, 4) is 0 Å². The third-order valence-electron chi connectivity index (χ3n) is 4.38. The Balaban J connectivity index is 2.16. The van der Waals surface area contributed by atoms with E-state index < -0.39 is 5.54 Å². The molecule has 118 valence electrons. The van der Waals surface area contributed by atoms with Crippen LogP contribution < -0.4 is 5.32 Å². The average Bonchev–Trinajstić information content (AvgIpc) is 2.99. The van der Waals surface area contributed by atoms with Crippen molar-refractivity contribution < 1.29 is 14.7 Å². The summed E-state index contributed by atoms with van der Waals surface area (Å²) in [6.07, 6.45) is 3.68. The molecule has 1 aliphatic heterocycles. The molecule has 5 heteroatoms. The van der Waals surface area contributed by atoms with Crippen molar-refractivity contribution in [3.05, 3.63) is 42.5 Å². The maximum atomic E-state index is 12.7. The van der Waals surface area contributed by atoms with E-state index in [0.29, 0.717) is 17.8 Å². The summed E-state index contributed by atoms with van der Waals surface area (Å²) in [6.45, 7) is 6.05. The normalized spacial score (nSPS) is 20.7. The van der Waals surface area contributed by atoms with Gasteiger partial charge in [0, 0.05) is 17.8 Å².